The van der Waals surface area contributed by atoms with Crippen LogP contribution in [0.15, 0.2) is 27.5 Å². The number of aromatic nitrogens is 5. The first-order chi connectivity index (χ1) is 9.76. The zero-order valence-electron chi connectivity index (χ0n) is 11.2. The van der Waals surface area contributed by atoms with Crippen molar-refractivity contribution in [2.45, 2.75) is 49.2 Å². The van der Waals surface area contributed by atoms with Crippen molar-refractivity contribution in [1.29, 1.82) is 0 Å². The lowest BCUT2D eigenvalue weighted by Gasteiger charge is -2.03. The van der Waals surface area contributed by atoms with Crippen molar-refractivity contribution in [3.63, 3.8) is 0 Å². The van der Waals surface area contributed by atoms with Crippen molar-refractivity contribution >= 4 is 11.8 Å². The summed E-state index contributed by atoms with van der Waals surface area (Å²) in [6.07, 6.45) is 6.16. The van der Waals surface area contributed by atoms with E-state index in [9.17, 15) is 4.79 Å². The molecule has 0 radical (unpaired) electrons. The molecule has 0 unspecified atom stereocenters. The highest BCUT2D eigenvalue weighted by molar-refractivity contribution is 7.99. The maximum absolute atomic E-state index is 11.5. The minimum Gasteiger partial charge on any atom is -0.310 e. The second kappa shape index (κ2) is 5.76. The van der Waals surface area contributed by atoms with Gasteiger partial charge in [-0.2, -0.15) is 0 Å². The summed E-state index contributed by atoms with van der Waals surface area (Å²) < 4.78 is 1.55. The van der Waals surface area contributed by atoms with Crippen molar-refractivity contribution in [2.75, 3.05) is 0 Å². The van der Waals surface area contributed by atoms with Crippen LogP contribution in [-0.4, -0.2) is 30.8 Å². The Labute approximate surface area is 120 Å². The summed E-state index contributed by atoms with van der Waals surface area (Å²) in [5, 5.41) is 11.0. The topological polar surface area (TPSA) is 88.5 Å². The maximum Gasteiger partial charge on any atom is 0.343 e. The molecule has 0 spiro atoms. The lowest BCUT2D eigenvalue weighted by molar-refractivity contribution is 0.658. The van der Waals surface area contributed by atoms with Gasteiger partial charge in [0.25, 0.3) is 0 Å². The average Bonchev–Trinajstić information content (AvgIpc) is 3.23. The zero-order chi connectivity index (χ0) is 13.9. The lowest BCUT2D eigenvalue weighted by atomic mass is 10.3. The van der Waals surface area contributed by atoms with Crippen LogP contribution in [-0.2, 0) is 13.1 Å². The van der Waals surface area contributed by atoms with E-state index in [0.717, 1.165) is 12.1 Å². The summed E-state index contributed by atoms with van der Waals surface area (Å²) in [7, 11) is 0. The van der Waals surface area contributed by atoms with Crippen LogP contribution in [0.4, 0.5) is 0 Å². The molecule has 2 N–H and O–H groups in total. The molecule has 2 aromatic heterocycles. The Bertz CT molecular complexity index is 630. The molecule has 1 aliphatic carbocycles. The van der Waals surface area contributed by atoms with E-state index >= 15 is 0 Å². The van der Waals surface area contributed by atoms with Gasteiger partial charge in [-0.1, -0.05) is 0 Å². The highest BCUT2D eigenvalue weighted by Gasteiger charge is 2.20. The molecule has 0 atom stereocenters. The summed E-state index contributed by atoms with van der Waals surface area (Å²) in [6, 6.07) is 0.673. The van der Waals surface area contributed by atoms with E-state index in [0.29, 0.717) is 22.9 Å². The van der Waals surface area contributed by atoms with Crippen LogP contribution >= 0.6 is 11.8 Å². The van der Waals surface area contributed by atoms with E-state index in [1.807, 2.05) is 19.3 Å². The third-order valence-electron chi connectivity index (χ3n) is 3.08. The van der Waals surface area contributed by atoms with E-state index in [2.05, 4.69) is 25.5 Å². The number of hydrogen-bond donors (Lipinski definition) is 2. The lowest BCUT2D eigenvalue weighted by Crippen LogP contribution is -2.16. The fraction of sp³-hybridized carbons (Fsp3) is 0.500. The van der Waals surface area contributed by atoms with Gasteiger partial charge in [0.1, 0.15) is 0 Å². The SMILES string of the molecule is CCn1c(Sc2ncc(CNC3CC3)cn2)n[nH]c1=O. The highest BCUT2D eigenvalue weighted by atomic mass is 32.2. The van der Waals surface area contributed by atoms with E-state index in [1.54, 1.807) is 4.57 Å². The molecule has 20 heavy (non-hydrogen) atoms. The minimum absolute atomic E-state index is 0.208. The molecule has 0 aromatic carbocycles. The molecule has 2 aromatic rings. The number of nitrogens with one attached hydrogen (secondary N) is 2. The molecule has 0 aliphatic heterocycles. The maximum atomic E-state index is 11.5. The van der Waals surface area contributed by atoms with Crippen LogP contribution in [0.25, 0.3) is 0 Å². The molecular formula is C12H16N6OS. The Hall–Kier alpha value is -1.67. The molecule has 0 bridgehead atoms. The van der Waals surface area contributed by atoms with E-state index in [1.165, 1.54) is 24.6 Å². The Kier molecular flexibility index (Phi) is 3.83. The summed E-state index contributed by atoms with van der Waals surface area (Å²) in [5.41, 5.74) is 0.858. The van der Waals surface area contributed by atoms with Crippen molar-refractivity contribution < 1.29 is 0 Å². The predicted molar refractivity (Wildman–Crippen MR) is 74.5 cm³/mol. The monoisotopic (exact) mass is 292 g/mol. The normalized spacial score (nSPS) is 14.7. The molecule has 0 amide bonds. The van der Waals surface area contributed by atoms with Crippen LogP contribution < -0.4 is 11.0 Å². The molecule has 2 heterocycles. The summed E-state index contributed by atoms with van der Waals surface area (Å²) in [5.74, 6) is 0. The molecule has 0 saturated heterocycles. The molecule has 8 heteroatoms. The van der Waals surface area contributed by atoms with Gasteiger partial charge < -0.3 is 5.32 Å². The molecule has 1 aliphatic rings. The number of rotatable bonds is 6. The Morgan fingerprint density at radius 1 is 1.45 bits per heavy atom. The van der Waals surface area contributed by atoms with Gasteiger partial charge in [0.2, 0.25) is 0 Å². The molecule has 1 saturated carbocycles. The number of nitrogens with zero attached hydrogens (tertiary/aromatic N) is 4. The second-order valence-corrected chi connectivity index (χ2v) is 5.62. The zero-order valence-corrected chi connectivity index (χ0v) is 12.0. The van der Waals surface area contributed by atoms with Gasteiger partial charge in [0, 0.05) is 37.1 Å². The Balaban J connectivity index is 1.66. The van der Waals surface area contributed by atoms with Crippen molar-refractivity contribution in [2.24, 2.45) is 0 Å². The van der Waals surface area contributed by atoms with Crippen LogP contribution in [0.2, 0.25) is 0 Å². The van der Waals surface area contributed by atoms with Crippen molar-refractivity contribution in [3.05, 3.63) is 28.4 Å². The van der Waals surface area contributed by atoms with Crippen molar-refractivity contribution in [3.8, 4) is 0 Å². The van der Waals surface area contributed by atoms with Crippen LogP contribution in [0.5, 0.6) is 0 Å². The van der Waals surface area contributed by atoms with Gasteiger partial charge in [-0.3, -0.25) is 4.57 Å². The van der Waals surface area contributed by atoms with Crippen LogP contribution in [0.1, 0.15) is 25.3 Å². The fourth-order valence-corrected chi connectivity index (χ4v) is 2.57. The van der Waals surface area contributed by atoms with Gasteiger partial charge in [-0.15, -0.1) is 5.10 Å². The largest absolute Gasteiger partial charge is 0.343 e. The second-order valence-electron chi connectivity index (χ2n) is 4.69. The first kappa shape index (κ1) is 13.3. The Morgan fingerprint density at radius 2 is 2.20 bits per heavy atom. The first-order valence-electron chi connectivity index (χ1n) is 6.63. The van der Waals surface area contributed by atoms with Crippen LogP contribution in [0, 0.1) is 0 Å². The fourth-order valence-electron chi connectivity index (χ4n) is 1.78. The van der Waals surface area contributed by atoms with Gasteiger partial charge in [-0.05, 0) is 31.5 Å². The van der Waals surface area contributed by atoms with Gasteiger partial charge in [-0.25, -0.2) is 19.9 Å². The quantitative estimate of drug-likeness (QED) is 0.765. The summed E-state index contributed by atoms with van der Waals surface area (Å²) in [4.78, 5) is 20.1. The Morgan fingerprint density at radius 3 is 2.85 bits per heavy atom. The predicted octanol–water partition coefficient (Wildman–Crippen LogP) is 0.784. The third-order valence-corrected chi connectivity index (χ3v) is 3.96. The van der Waals surface area contributed by atoms with E-state index in [-0.39, 0.29) is 5.69 Å². The number of hydrogen-bond acceptors (Lipinski definition) is 6. The van der Waals surface area contributed by atoms with Crippen molar-refractivity contribution in [1.82, 2.24) is 30.0 Å². The molecule has 106 valence electrons. The molecule has 7 nitrogen and oxygen atoms in total. The highest BCUT2D eigenvalue weighted by Crippen LogP contribution is 2.21. The van der Waals surface area contributed by atoms with Crippen LogP contribution in [0.3, 0.4) is 0 Å². The number of H-pyrrole nitrogens is 1. The molecule has 3 rings (SSSR count). The minimum atomic E-state index is -0.208. The smallest absolute Gasteiger partial charge is 0.310 e. The molecule has 1 fully saturated rings. The third kappa shape index (κ3) is 3.07. The van der Waals surface area contributed by atoms with E-state index < -0.39 is 0 Å². The summed E-state index contributed by atoms with van der Waals surface area (Å²) >= 11 is 1.28. The number of aromatic amines is 1. The van der Waals surface area contributed by atoms with Gasteiger partial charge >= 0.3 is 5.69 Å². The van der Waals surface area contributed by atoms with Gasteiger partial charge in [0.15, 0.2) is 10.3 Å². The average molecular weight is 292 g/mol. The van der Waals surface area contributed by atoms with Gasteiger partial charge in [0.05, 0.1) is 0 Å². The first-order valence-corrected chi connectivity index (χ1v) is 7.45. The summed E-state index contributed by atoms with van der Waals surface area (Å²) in [6.45, 7) is 3.27. The van der Waals surface area contributed by atoms with E-state index in [4.69, 9.17) is 0 Å². The standard InChI is InChI=1S/C12H16N6OS/c1-2-18-11(19)16-17-12(18)20-10-14-6-8(7-15-10)5-13-9-3-4-9/h6-7,9,13H,2-5H2,1H3,(H,16,19). The molecular weight excluding hydrogens is 276 g/mol.